The molecular weight excluding hydrogens is 550 g/mol. The molecule has 0 spiro atoms. The highest BCUT2D eigenvalue weighted by Crippen LogP contribution is 2.40. The van der Waals surface area contributed by atoms with Crippen molar-refractivity contribution < 1.29 is 4.98 Å². The SMILES string of the molecule is Brc1ccc2sc3cccc(-c4nc(-c5ccccc5)[nH+]c(-c5cccc(-c6ccccc6)c5)n4)c3c2c1. The fraction of sp³-hybridized carbons (Fsp3) is 0. The lowest BCUT2D eigenvalue weighted by molar-refractivity contribution is -0.359. The summed E-state index contributed by atoms with van der Waals surface area (Å²) in [5.41, 5.74) is 5.37. The zero-order chi connectivity index (χ0) is 25.5. The van der Waals surface area contributed by atoms with Crippen LogP contribution in [0.15, 0.2) is 126 Å². The van der Waals surface area contributed by atoms with Crippen LogP contribution in [0, 0.1) is 0 Å². The minimum absolute atomic E-state index is 0.702. The van der Waals surface area contributed by atoms with E-state index in [1.54, 1.807) is 11.3 Å². The van der Waals surface area contributed by atoms with Crippen molar-refractivity contribution >= 4 is 47.4 Å². The van der Waals surface area contributed by atoms with Gasteiger partial charge in [-0.15, -0.1) is 11.3 Å². The monoisotopic (exact) mass is 570 g/mol. The topological polar surface area (TPSA) is 39.9 Å². The van der Waals surface area contributed by atoms with E-state index in [2.05, 4.69) is 118 Å². The van der Waals surface area contributed by atoms with E-state index in [-0.39, 0.29) is 0 Å². The molecule has 5 aromatic carbocycles. The summed E-state index contributed by atoms with van der Waals surface area (Å²) in [7, 11) is 0. The quantitative estimate of drug-likeness (QED) is 0.211. The number of H-pyrrole nitrogens is 1. The van der Waals surface area contributed by atoms with Crippen molar-refractivity contribution in [3.05, 3.63) is 126 Å². The molecule has 0 saturated carbocycles. The number of halogens is 1. The van der Waals surface area contributed by atoms with Gasteiger partial charge in [-0.25, -0.2) is 4.98 Å². The maximum atomic E-state index is 5.12. The molecule has 0 bridgehead atoms. The lowest BCUT2D eigenvalue weighted by Crippen LogP contribution is -2.17. The molecule has 7 aromatic rings. The van der Waals surface area contributed by atoms with E-state index in [9.17, 15) is 0 Å². The van der Waals surface area contributed by atoms with Crippen LogP contribution >= 0.6 is 27.3 Å². The van der Waals surface area contributed by atoms with Gasteiger partial charge in [0.2, 0.25) is 0 Å². The third-order valence-corrected chi connectivity index (χ3v) is 8.29. The molecule has 180 valence electrons. The minimum atomic E-state index is 0.702. The molecule has 0 fully saturated rings. The first-order valence-corrected chi connectivity index (χ1v) is 14.0. The first kappa shape index (κ1) is 23.0. The highest BCUT2D eigenvalue weighted by molar-refractivity contribution is 9.10. The number of fused-ring (bicyclic) bond motifs is 3. The van der Waals surface area contributed by atoms with Crippen molar-refractivity contribution in [2.24, 2.45) is 0 Å². The Labute approximate surface area is 232 Å². The van der Waals surface area contributed by atoms with Gasteiger partial charge < -0.3 is 0 Å². The second kappa shape index (κ2) is 9.60. The lowest BCUT2D eigenvalue weighted by atomic mass is 10.0. The van der Waals surface area contributed by atoms with Gasteiger partial charge in [-0.2, -0.15) is 0 Å². The number of rotatable bonds is 4. The van der Waals surface area contributed by atoms with Gasteiger partial charge in [0.1, 0.15) is 0 Å². The molecule has 2 heterocycles. The van der Waals surface area contributed by atoms with Gasteiger partial charge in [0.25, 0.3) is 11.6 Å². The van der Waals surface area contributed by atoms with Crippen LogP contribution in [0.5, 0.6) is 0 Å². The largest absolute Gasteiger partial charge is 0.309 e. The maximum absolute atomic E-state index is 5.12. The third kappa shape index (κ3) is 4.20. The van der Waals surface area contributed by atoms with E-state index in [1.807, 2.05) is 24.3 Å². The highest BCUT2D eigenvalue weighted by Gasteiger charge is 2.23. The number of nitrogens with zero attached hydrogens (tertiary/aromatic N) is 2. The van der Waals surface area contributed by atoms with Crippen LogP contribution in [-0.4, -0.2) is 9.97 Å². The summed E-state index contributed by atoms with van der Waals surface area (Å²) in [6.45, 7) is 0. The molecule has 0 radical (unpaired) electrons. The fourth-order valence-corrected chi connectivity index (χ4v) is 6.33. The third-order valence-electron chi connectivity index (χ3n) is 6.66. The zero-order valence-corrected chi connectivity index (χ0v) is 22.6. The van der Waals surface area contributed by atoms with Gasteiger partial charge in [0, 0.05) is 24.6 Å². The molecule has 3 nitrogen and oxygen atoms in total. The Bertz CT molecular complexity index is 1930. The first-order chi connectivity index (χ1) is 18.7. The second-order valence-corrected chi connectivity index (χ2v) is 11.1. The van der Waals surface area contributed by atoms with Crippen molar-refractivity contribution in [2.45, 2.75) is 0 Å². The summed E-state index contributed by atoms with van der Waals surface area (Å²) in [6, 6.07) is 42.0. The summed E-state index contributed by atoms with van der Waals surface area (Å²) in [5, 5.41) is 2.39. The van der Waals surface area contributed by atoms with Crippen molar-refractivity contribution in [1.29, 1.82) is 0 Å². The van der Waals surface area contributed by atoms with E-state index < -0.39 is 0 Å². The minimum Gasteiger partial charge on any atom is -0.240 e. The van der Waals surface area contributed by atoms with Crippen LogP contribution in [0.3, 0.4) is 0 Å². The average molecular weight is 572 g/mol. The molecular formula is C33H21BrN3S+. The number of thiophene rings is 1. The molecule has 7 rings (SSSR count). The normalized spacial score (nSPS) is 11.3. The molecule has 0 saturated heterocycles. The number of nitrogens with one attached hydrogen (secondary N) is 1. The zero-order valence-electron chi connectivity index (χ0n) is 20.2. The van der Waals surface area contributed by atoms with Crippen molar-refractivity contribution in [3.8, 4) is 45.3 Å². The van der Waals surface area contributed by atoms with Gasteiger partial charge >= 0.3 is 5.82 Å². The number of aromatic nitrogens is 3. The lowest BCUT2D eigenvalue weighted by Gasteiger charge is -2.06. The molecule has 1 N–H and O–H groups in total. The summed E-state index contributed by atoms with van der Waals surface area (Å²) in [6.07, 6.45) is 0. The summed E-state index contributed by atoms with van der Waals surface area (Å²) < 4.78 is 3.53. The number of benzene rings is 5. The van der Waals surface area contributed by atoms with Gasteiger partial charge in [0.15, 0.2) is 0 Å². The first-order valence-electron chi connectivity index (χ1n) is 12.4. The Morgan fingerprint density at radius 3 is 2.00 bits per heavy atom. The number of hydrogen-bond donors (Lipinski definition) is 0. The summed E-state index contributed by atoms with van der Waals surface area (Å²) >= 11 is 5.46. The van der Waals surface area contributed by atoms with Crippen molar-refractivity contribution in [1.82, 2.24) is 9.97 Å². The Hall–Kier alpha value is -4.19. The molecule has 0 aliphatic carbocycles. The van der Waals surface area contributed by atoms with Crippen LogP contribution in [0.1, 0.15) is 0 Å². The molecule has 0 aliphatic rings. The van der Waals surface area contributed by atoms with Crippen molar-refractivity contribution in [2.75, 3.05) is 0 Å². The predicted molar refractivity (Wildman–Crippen MR) is 161 cm³/mol. The second-order valence-electron chi connectivity index (χ2n) is 9.10. The van der Waals surface area contributed by atoms with Crippen LogP contribution in [-0.2, 0) is 0 Å². The van der Waals surface area contributed by atoms with Gasteiger partial charge in [-0.3, -0.25) is 0 Å². The summed E-state index contributed by atoms with van der Waals surface area (Å²) in [4.78, 5) is 13.7. The van der Waals surface area contributed by atoms with E-state index in [0.717, 1.165) is 38.4 Å². The molecule has 0 amide bonds. The molecule has 5 heteroatoms. The molecule has 0 aliphatic heterocycles. The van der Waals surface area contributed by atoms with E-state index in [4.69, 9.17) is 9.97 Å². The van der Waals surface area contributed by atoms with E-state index in [1.165, 1.54) is 25.7 Å². The maximum Gasteiger partial charge on any atom is 0.309 e. The van der Waals surface area contributed by atoms with Gasteiger partial charge in [-0.1, -0.05) is 92.6 Å². The van der Waals surface area contributed by atoms with Gasteiger partial charge in [-0.05, 0) is 65.7 Å². The summed E-state index contributed by atoms with van der Waals surface area (Å²) in [5.74, 6) is 2.27. The Balaban J connectivity index is 1.47. The Morgan fingerprint density at radius 1 is 0.553 bits per heavy atom. The van der Waals surface area contributed by atoms with Crippen LogP contribution < -0.4 is 4.98 Å². The van der Waals surface area contributed by atoms with E-state index in [0.29, 0.717) is 5.82 Å². The standard InChI is InChI=1S/C33H20BrN3S/c34-25-17-18-28-27(20-25)30-26(15-8-16-29(30)38-28)33-36-31(22-11-5-2-6-12-22)35-32(37-33)24-14-7-13-23(19-24)21-9-3-1-4-10-21/h1-20H/p+1. The molecule has 0 atom stereocenters. The van der Waals surface area contributed by atoms with E-state index >= 15 is 0 Å². The predicted octanol–water partition coefficient (Wildman–Crippen LogP) is 9.09. The smallest absolute Gasteiger partial charge is 0.240 e. The number of hydrogen-bond acceptors (Lipinski definition) is 3. The van der Waals surface area contributed by atoms with Crippen LogP contribution in [0.2, 0.25) is 0 Å². The van der Waals surface area contributed by atoms with Crippen molar-refractivity contribution in [3.63, 3.8) is 0 Å². The average Bonchev–Trinajstić information content (AvgIpc) is 3.36. The molecule has 38 heavy (non-hydrogen) atoms. The highest BCUT2D eigenvalue weighted by atomic mass is 79.9. The Morgan fingerprint density at radius 2 is 1.21 bits per heavy atom. The fourth-order valence-electron chi connectivity index (χ4n) is 4.86. The number of aromatic amines is 1. The van der Waals surface area contributed by atoms with Gasteiger partial charge in [0.05, 0.1) is 16.7 Å². The molecule has 2 aromatic heterocycles. The molecule has 0 unspecified atom stereocenters. The Kier molecular flexibility index (Phi) is 5.80. The van der Waals surface area contributed by atoms with Crippen LogP contribution in [0.4, 0.5) is 0 Å². The van der Waals surface area contributed by atoms with Crippen LogP contribution in [0.25, 0.3) is 65.5 Å².